The first-order valence-electron chi connectivity index (χ1n) is 8.70. The molecule has 0 radical (unpaired) electrons. The van der Waals surface area contributed by atoms with Crippen molar-refractivity contribution in [1.29, 1.82) is 0 Å². The van der Waals surface area contributed by atoms with Crippen LogP contribution < -0.4 is 10.3 Å². The zero-order valence-corrected chi connectivity index (χ0v) is 16.9. The standard InChI is InChI=1S/C19H15BClF2N3O4/c1-8-6-24-12(19(28)29)5-13(8)26-9(2)3-14(15(21)18(26)27)30-17(20)16-11(23)4-10(22)7-25-16/h3-7,17H,20H2,1-2H3,(H,28,29). The highest BCUT2D eigenvalue weighted by atomic mass is 35.5. The van der Waals surface area contributed by atoms with Crippen LogP contribution in [-0.2, 0) is 0 Å². The monoisotopic (exact) mass is 433 g/mol. The molecule has 3 heterocycles. The van der Waals surface area contributed by atoms with E-state index < -0.39 is 29.2 Å². The first kappa shape index (κ1) is 21.4. The number of ether oxygens (including phenoxy) is 1. The van der Waals surface area contributed by atoms with Crippen molar-refractivity contribution in [2.24, 2.45) is 0 Å². The minimum atomic E-state index is -1.24. The molecule has 11 heteroatoms. The maximum atomic E-state index is 14.0. The van der Waals surface area contributed by atoms with Gasteiger partial charge in [0.05, 0.1) is 11.9 Å². The van der Waals surface area contributed by atoms with Crippen molar-refractivity contribution in [2.75, 3.05) is 0 Å². The Morgan fingerprint density at radius 1 is 1.23 bits per heavy atom. The summed E-state index contributed by atoms with van der Waals surface area (Å²) in [6.45, 7) is 3.27. The van der Waals surface area contributed by atoms with Gasteiger partial charge in [-0.1, -0.05) is 11.6 Å². The Labute approximate surface area is 175 Å². The summed E-state index contributed by atoms with van der Waals surface area (Å²) in [6.07, 6.45) is 2.20. The maximum Gasteiger partial charge on any atom is 0.354 e. The SMILES string of the molecule is BC(Oc1cc(C)n(-c2cc(C(=O)O)ncc2C)c(=O)c1Cl)c1ncc(F)cc1F. The molecule has 0 saturated carbocycles. The number of pyridine rings is 3. The van der Waals surface area contributed by atoms with E-state index in [0.29, 0.717) is 23.0 Å². The molecule has 0 fully saturated rings. The number of carboxylic acid groups (broad SMARTS) is 1. The van der Waals surface area contributed by atoms with Crippen LogP contribution >= 0.6 is 11.6 Å². The fourth-order valence-electron chi connectivity index (χ4n) is 2.91. The Balaban J connectivity index is 2.05. The van der Waals surface area contributed by atoms with Crippen LogP contribution in [0.4, 0.5) is 8.78 Å². The lowest BCUT2D eigenvalue weighted by Gasteiger charge is -2.19. The lowest BCUT2D eigenvalue weighted by Crippen LogP contribution is -2.24. The van der Waals surface area contributed by atoms with E-state index >= 15 is 0 Å². The van der Waals surface area contributed by atoms with Gasteiger partial charge in [-0.3, -0.25) is 14.3 Å². The molecular formula is C19H15BClF2N3O4. The Kier molecular flexibility index (Phi) is 5.88. The number of rotatable bonds is 5. The lowest BCUT2D eigenvalue weighted by atomic mass is 9.95. The van der Waals surface area contributed by atoms with Crippen LogP contribution in [0.3, 0.4) is 0 Å². The summed E-state index contributed by atoms with van der Waals surface area (Å²) in [5.41, 5.74) is 0.218. The fourth-order valence-corrected chi connectivity index (χ4v) is 3.09. The number of hydrogen-bond donors (Lipinski definition) is 1. The summed E-state index contributed by atoms with van der Waals surface area (Å²) in [5.74, 6) is -2.97. The molecule has 0 aliphatic carbocycles. The van der Waals surface area contributed by atoms with Crippen molar-refractivity contribution >= 4 is 25.4 Å². The van der Waals surface area contributed by atoms with E-state index in [0.717, 1.165) is 6.20 Å². The fraction of sp³-hybridized carbons (Fsp3) is 0.158. The molecule has 0 aliphatic heterocycles. The van der Waals surface area contributed by atoms with E-state index in [1.807, 2.05) is 0 Å². The third-order valence-corrected chi connectivity index (χ3v) is 4.71. The average Bonchev–Trinajstić information content (AvgIpc) is 2.67. The van der Waals surface area contributed by atoms with E-state index in [-0.39, 0.29) is 22.2 Å². The highest BCUT2D eigenvalue weighted by molar-refractivity contribution is 6.31. The second-order valence-electron chi connectivity index (χ2n) is 6.55. The molecule has 0 amide bonds. The molecule has 0 aliphatic rings. The van der Waals surface area contributed by atoms with E-state index in [9.17, 15) is 23.5 Å². The molecule has 30 heavy (non-hydrogen) atoms. The molecule has 3 aromatic heterocycles. The van der Waals surface area contributed by atoms with Gasteiger partial charge in [0.15, 0.2) is 13.7 Å². The van der Waals surface area contributed by atoms with Gasteiger partial charge in [-0.15, -0.1) is 0 Å². The first-order valence-corrected chi connectivity index (χ1v) is 9.08. The number of nitrogens with zero attached hydrogens (tertiary/aromatic N) is 3. The summed E-state index contributed by atoms with van der Waals surface area (Å²) in [7, 11) is 1.48. The molecule has 154 valence electrons. The molecule has 0 spiro atoms. The Morgan fingerprint density at radius 2 is 1.93 bits per heavy atom. The molecule has 0 aromatic carbocycles. The van der Waals surface area contributed by atoms with Crippen LogP contribution in [-0.4, -0.2) is 33.5 Å². The van der Waals surface area contributed by atoms with Crippen LogP contribution in [0, 0.1) is 25.5 Å². The molecule has 0 saturated heterocycles. The van der Waals surface area contributed by atoms with Gasteiger partial charge in [0.25, 0.3) is 5.56 Å². The predicted molar refractivity (Wildman–Crippen MR) is 107 cm³/mol. The van der Waals surface area contributed by atoms with Crippen molar-refractivity contribution in [1.82, 2.24) is 14.5 Å². The first-order chi connectivity index (χ1) is 14.1. The topological polar surface area (TPSA) is 94.3 Å². The van der Waals surface area contributed by atoms with Crippen molar-refractivity contribution in [2.45, 2.75) is 19.9 Å². The summed E-state index contributed by atoms with van der Waals surface area (Å²) < 4.78 is 33.9. The zero-order valence-electron chi connectivity index (χ0n) is 16.1. The normalized spacial score (nSPS) is 11.9. The van der Waals surface area contributed by atoms with Gasteiger partial charge in [0, 0.05) is 24.0 Å². The number of halogens is 3. The molecule has 3 aromatic rings. The third kappa shape index (κ3) is 4.04. The second kappa shape index (κ2) is 8.23. The molecule has 1 unspecified atom stereocenters. The van der Waals surface area contributed by atoms with Crippen molar-refractivity contribution in [3.63, 3.8) is 0 Å². The van der Waals surface area contributed by atoms with E-state index in [2.05, 4.69) is 9.97 Å². The highest BCUT2D eigenvalue weighted by Gasteiger charge is 2.21. The van der Waals surface area contributed by atoms with Gasteiger partial charge in [0.1, 0.15) is 34.0 Å². The van der Waals surface area contributed by atoms with Crippen LogP contribution in [0.1, 0.15) is 33.4 Å². The Morgan fingerprint density at radius 3 is 2.57 bits per heavy atom. The molecular weight excluding hydrogens is 418 g/mol. The van der Waals surface area contributed by atoms with Crippen molar-refractivity contribution in [3.8, 4) is 11.4 Å². The van der Waals surface area contributed by atoms with Gasteiger partial charge in [-0.05, 0) is 25.5 Å². The van der Waals surface area contributed by atoms with E-state index in [1.54, 1.807) is 13.8 Å². The molecule has 1 N–H and O–H groups in total. The predicted octanol–water partition coefficient (Wildman–Crippen LogP) is 2.58. The smallest absolute Gasteiger partial charge is 0.354 e. The highest BCUT2D eigenvalue weighted by Crippen LogP contribution is 2.28. The average molecular weight is 434 g/mol. The van der Waals surface area contributed by atoms with E-state index in [4.69, 9.17) is 16.3 Å². The van der Waals surface area contributed by atoms with Gasteiger partial charge in [-0.25, -0.2) is 18.6 Å². The summed E-state index contributed by atoms with van der Waals surface area (Å²) in [4.78, 5) is 31.6. The summed E-state index contributed by atoms with van der Waals surface area (Å²) in [5, 5.41) is 8.89. The zero-order chi connectivity index (χ0) is 22.2. The Bertz CT molecular complexity index is 1220. The van der Waals surface area contributed by atoms with Gasteiger partial charge >= 0.3 is 5.97 Å². The van der Waals surface area contributed by atoms with Crippen LogP contribution in [0.2, 0.25) is 5.02 Å². The lowest BCUT2D eigenvalue weighted by molar-refractivity contribution is 0.0690. The number of aromatic carboxylic acids is 1. The second-order valence-corrected chi connectivity index (χ2v) is 6.92. The largest absolute Gasteiger partial charge is 0.492 e. The molecule has 7 nitrogen and oxygen atoms in total. The minimum Gasteiger partial charge on any atom is -0.492 e. The minimum absolute atomic E-state index is 0.0152. The number of carbonyl (C=O) groups is 1. The van der Waals surface area contributed by atoms with E-state index in [1.165, 1.54) is 30.7 Å². The number of carboxylic acids is 1. The van der Waals surface area contributed by atoms with Crippen molar-refractivity contribution < 1.29 is 23.4 Å². The number of aromatic nitrogens is 3. The number of hydrogen-bond acceptors (Lipinski definition) is 5. The van der Waals surface area contributed by atoms with Crippen LogP contribution in [0.25, 0.3) is 5.69 Å². The third-order valence-electron chi connectivity index (χ3n) is 4.36. The van der Waals surface area contributed by atoms with Crippen LogP contribution in [0.5, 0.6) is 5.75 Å². The maximum absolute atomic E-state index is 14.0. The summed E-state index contributed by atoms with van der Waals surface area (Å²) in [6, 6.07) is 2.45. The van der Waals surface area contributed by atoms with Gasteiger partial charge in [0.2, 0.25) is 0 Å². The Hall–Kier alpha value is -3.27. The quantitative estimate of drug-likeness (QED) is 0.622. The molecule has 3 rings (SSSR count). The van der Waals surface area contributed by atoms with Crippen LogP contribution in [0.15, 0.2) is 35.4 Å². The van der Waals surface area contributed by atoms with Gasteiger partial charge < -0.3 is 9.84 Å². The number of aryl methyl sites for hydroxylation is 2. The summed E-state index contributed by atoms with van der Waals surface area (Å²) >= 11 is 6.21. The van der Waals surface area contributed by atoms with Gasteiger partial charge in [-0.2, -0.15) is 0 Å². The molecule has 1 atom stereocenters. The molecule has 0 bridgehead atoms. The van der Waals surface area contributed by atoms with Crippen molar-refractivity contribution in [3.05, 3.63) is 80.2 Å².